The molecular weight excluding hydrogens is 146 g/mol. The summed E-state index contributed by atoms with van der Waals surface area (Å²) in [5.41, 5.74) is 0. The van der Waals surface area contributed by atoms with E-state index in [-0.39, 0.29) is 0 Å². The fraction of sp³-hybridized carbons (Fsp3) is 1.00. The fourth-order valence-electron chi connectivity index (χ4n) is 1.50. The van der Waals surface area contributed by atoms with Crippen molar-refractivity contribution in [3.05, 3.63) is 0 Å². The van der Waals surface area contributed by atoms with Crippen LogP contribution < -0.4 is 5.32 Å². The van der Waals surface area contributed by atoms with E-state index in [1.807, 2.05) is 0 Å². The zero-order valence-corrected chi connectivity index (χ0v) is 9.03. The molecule has 0 aromatic carbocycles. The summed E-state index contributed by atoms with van der Waals surface area (Å²) in [7, 11) is 0. The molecule has 0 aliphatic heterocycles. The highest BCUT2D eigenvalue weighted by Gasteiger charge is 2.04. The van der Waals surface area contributed by atoms with Crippen molar-refractivity contribution in [2.24, 2.45) is 0 Å². The first-order valence-electron chi connectivity index (χ1n) is 5.58. The molecule has 1 heteroatoms. The van der Waals surface area contributed by atoms with Crippen LogP contribution in [0.2, 0.25) is 0 Å². The van der Waals surface area contributed by atoms with Gasteiger partial charge in [0.05, 0.1) is 0 Å². The molecule has 0 saturated heterocycles. The van der Waals surface area contributed by atoms with Gasteiger partial charge >= 0.3 is 0 Å². The van der Waals surface area contributed by atoms with Crippen LogP contribution in [0.5, 0.6) is 0 Å². The third kappa shape index (κ3) is 6.66. The van der Waals surface area contributed by atoms with E-state index in [2.05, 4.69) is 26.1 Å². The Balaban J connectivity index is 3.40. The van der Waals surface area contributed by atoms with E-state index in [9.17, 15) is 0 Å². The normalized spacial score (nSPS) is 13.2. The van der Waals surface area contributed by atoms with Gasteiger partial charge in [-0.1, -0.05) is 40.0 Å². The van der Waals surface area contributed by atoms with Gasteiger partial charge in [0.1, 0.15) is 0 Å². The third-order valence-electron chi connectivity index (χ3n) is 2.23. The molecule has 0 radical (unpaired) electrons. The van der Waals surface area contributed by atoms with Crippen molar-refractivity contribution in [3.63, 3.8) is 0 Å². The number of rotatable bonds is 8. The van der Waals surface area contributed by atoms with Gasteiger partial charge in [-0.3, -0.25) is 0 Å². The molecule has 0 spiro atoms. The molecule has 0 aromatic rings. The molecule has 0 heterocycles. The average Bonchev–Trinajstić information content (AvgIpc) is 2.10. The number of unbranched alkanes of at least 4 members (excludes halogenated alkanes) is 1. The number of hydrogen-bond donors (Lipinski definition) is 1. The zero-order chi connectivity index (χ0) is 9.23. The topological polar surface area (TPSA) is 12.0 Å². The largest absolute Gasteiger partial charge is 0.314 e. The summed E-state index contributed by atoms with van der Waals surface area (Å²) in [5, 5.41) is 3.61. The number of nitrogens with one attached hydrogen (secondary N) is 1. The van der Waals surface area contributed by atoms with Gasteiger partial charge in [-0.2, -0.15) is 0 Å². The molecule has 74 valence electrons. The minimum atomic E-state index is 0.787. The molecule has 1 atom stereocenters. The van der Waals surface area contributed by atoms with E-state index in [0.717, 1.165) is 6.04 Å². The standard InChI is InChI=1S/C11H25N/c1-4-7-9-11(8-5-2)12-10-6-3/h11-12H,4-10H2,1-3H3. The Morgan fingerprint density at radius 3 is 2.17 bits per heavy atom. The maximum absolute atomic E-state index is 3.61. The second-order valence-electron chi connectivity index (χ2n) is 3.58. The van der Waals surface area contributed by atoms with Crippen LogP contribution in [0.15, 0.2) is 0 Å². The molecule has 0 aliphatic rings. The van der Waals surface area contributed by atoms with Gasteiger partial charge in [0.15, 0.2) is 0 Å². The Morgan fingerprint density at radius 1 is 0.917 bits per heavy atom. The highest BCUT2D eigenvalue weighted by molar-refractivity contribution is 4.65. The van der Waals surface area contributed by atoms with Crippen molar-refractivity contribution < 1.29 is 0 Å². The summed E-state index contributed by atoms with van der Waals surface area (Å²) >= 11 is 0. The van der Waals surface area contributed by atoms with Gasteiger partial charge in [0, 0.05) is 6.04 Å². The highest BCUT2D eigenvalue weighted by Crippen LogP contribution is 2.06. The fourth-order valence-corrected chi connectivity index (χ4v) is 1.50. The van der Waals surface area contributed by atoms with E-state index in [1.165, 1.54) is 45.1 Å². The molecule has 1 N–H and O–H groups in total. The summed E-state index contributed by atoms with van der Waals surface area (Å²) in [4.78, 5) is 0. The molecule has 0 bridgehead atoms. The lowest BCUT2D eigenvalue weighted by Gasteiger charge is -2.16. The van der Waals surface area contributed by atoms with Crippen molar-refractivity contribution in [1.82, 2.24) is 5.32 Å². The average molecular weight is 171 g/mol. The van der Waals surface area contributed by atoms with Gasteiger partial charge in [-0.05, 0) is 25.8 Å². The zero-order valence-electron chi connectivity index (χ0n) is 9.03. The Bertz CT molecular complexity index is 73.1. The van der Waals surface area contributed by atoms with Crippen LogP contribution in [-0.4, -0.2) is 12.6 Å². The van der Waals surface area contributed by atoms with Crippen LogP contribution in [0.1, 0.15) is 59.3 Å². The third-order valence-corrected chi connectivity index (χ3v) is 2.23. The van der Waals surface area contributed by atoms with E-state index in [4.69, 9.17) is 0 Å². The van der Waals surface area contributed by atoms with E-state index >= 15 is 0 Å². The molecular formula is C11H25N. The first-order valence-corrected chi connectivity index (χ1v) is 5.58. The van der Waals surface area contributed by atoms with Crippen molar-refractivity contribution in [2.45, 2.75) is 65.3 Å². The first-order chi connectivity index (χ1) is 5.85. The van der Waals surface area contributed by atoms with Crippen LogP contribution in [0.4, 0.5) is 0 Å². The lowest BCUT2D eigenvalue weighted by Crippen LogP contribution is -2.29. The summed E-state index contributed by atoms with van der Waals surface area (Å²) in [5.74, 6) is 0. The summed E-state index contributed by atoms with van der Waals surface area (Å²) in [6, 6.07) is 0.787. The molecule has 1 nitrogen and oxygen atoms in total. The number of hydrogen-bond acceptors (Lipinski definition) is 1. The van der Waals surface area contributed by atoms with E-state index in [0.29, 0.717) is 0 Å². The Morgan fingerprint density at radius 2 is 1.67 bits per heavy atom. The lowest BCUT2D eigenvalue weighted by molar-refractivity contribution is 0.436. The predicted molar refractivity (Wildman–Crippen MR) is 56.5 cm³/mol. The molecule has 0 aromatic heterocycles. The van der Waals surface area contributed by atoms with E-state index < -0.39 is 0 Å². The molecule has 0 rings (SSSR count). The maximum atomic E-state index is 3.61. The van der Waals surface area contributed by atoms with Gasteiger partial charge in [-0.15, -0.1) is 0 Å². The second kappa shape index (κ2) is 9.05. The predicted octanol–water partition coefficient (Wildman–Crippen LogP) is 3.34. The molecule has 0 fully saturated rings. The molecule has 0 saturated carbocycles. The second-order valence-corrected chi connectivity index (χ2v) is 3.58. The minimum absolute atomic E-state index is 0.787. The van der Waals surface area contributed by atoms with Crippen LogP contribution in [0.3, 0.4) is 0 Å². The van der Waals surface area contributed by atoms with E-state index in [1.54, 1.807) is 0 Å². The Hall–Kier alpha value is -0.0400. The SMILES string of the molecule is CCCCC(CCC)NCCC. The quantitative estimate of drug-likeness (QED) is 0.590. The summed E-state index contributed by atoms with van der Waals surface area (Å²) < 4.78 is 0. The van der Waals surface area contributed by atoms with Gasteiger partial charge in [0.2, 0.25) is 0 Å². The molecule has 1 unspecified atom stereocenters. The summed E-state index contributed by atoms with van der Waals surface area (Å²) in [6.45, 7) is 7.96. The van der Waals surface area contributed by atoms with Crippen molar-refractivity contribution >= 4 is 0 Å². The smallest absolute Gasteiger partial charge is 0.00669 e. The van der Waals surface area contributed by atoms with Crippen LogP contribution in [0, 0.1) is 0 Å². The minimum Gasteiger partial charge on any atom is -0.314 e. The highest BCUT2D eigenvalue weighted by atomic mass is 14.9. The summed E-state index contributed by atoms with van der Waals surface area (Å²) in [6.07, 6.45) is 7.98. The van der Waals surface area contributed by atoms with Crippen LogP contribution >= 0.6 is 0 Å². The molecule has 12 heavy (non-hydrogen) atoms. The van der Waals surface area contributed by atoms with Crippen LogP contribution in [-0.2, 0) is 0 Å². The molecule has 0 aliphatic carbocycles. The Labute approximate surface area is 77.9 Å². The first kappa shape index (κ1) is 12.0. The van der Waals surface area contributed by atoms with Crippen molar-refractivity contribution in [2.75, 3.05) is 6.54 Å². The van der Waals surface area contributed by atoms with Gasteiger partial charge < -0.3 is 5.32 Å². The van der Waals surface area contributed by atoms with Crippen LogP contribution in [0.25, 0.3) is 0 Å². The van der Waals surface area contributed by atoms with Gasteiger partial charge in [-0.25, -0.2) is 0 Å². The monoisotopic (exact) mass is 171 g/mol. The lowest BCUT2D eigenvalue weighted by atomic mass is 10.1. The Kier molecular flexibility index (Phi) is 9.02. The maximum Gasteiger partial charge on any atom is 0.00669 e. The van der Waals surface area contributed by atoms with Gasteiger partial charge in [0.25, 0.3) is 0 Å². The van der Waals surface area contributed by atoms with Crippen molar-refractivity contribution in [3.8, 4) is 0 Å². The molecule has 0 amide bonds. The van der Waals surface area contributed by atoms with Crippen molar-refractivity contribution in [1.29, 1.82) is 0 Å².